The Bertz CT molecular complexity index is 687. The number of rotatable bonds is 4. The van der Waals surface area contributed by atoms with Crippen molar-refractivity contribution in [2.45, 2.75) is 34.2 Å². The van der Waals surface area contributed by atoms with Crippen LogP contribution in [0.4, 0.5) is 5.69 Å². The molecule has 0 saturated carbocycles. The van der Waals surface area contributed by atoms with Crippen LogP contribution in [0.25, 0.3) is 0 Å². The van der Waals surface area contributed by atoms with Gasteiger partial charge in [-0.3, -0.25) is 10.1 Å². The second kappa shape index (κ2) is 5.85. The molecule has 2 aromatic rings. The summed E-state index contributed by atoms with van der Waals surface area (Å²) in [5, 5.41) is 15.4. The first-order chi connectivity index (χ1) is 9.85. The molecule has 1 aromatic heterocycles. The van der Waals surface area contributed by atoms with Crippen molar-refractivity contribution >= 4 is 21.6 Å². The maximum Gasteiger partial charge on any atom is 0.353 e. The summed E-state index contributed by atoms with van der Waals surface area (Å²) >= 11 is 3.49. The van der Waals surface area contributed by atoms with Gasteiger partial charge in [-0.05, 0) is 51.0 Å². The van der Waals surface area contributed by atoms with E-state index < -0.39 is 4.92 Å². The average Bonchev–Trinajstić information content (AvgIpc) is 2.72. The van der Waals surface area contributed by atoms with Crippen LogP contribution >= 0.6 is 15.9 Å². The standard InChI is InChI=1S/C14H16BrN3O3/c1-5-17-14(13(18(19)20)10(4)16-17)21-11-6-8(2)12(15)9(3)7-11/h6-7H,5H2,1-4H3. The summed E-state index contributed by atoms with van der Waals surface area (Å²) in [5.74, 6) is 0.729. The fourth-order valence-corrected chi connectivity index (χ4v) is 2.38. The molecule has 2 rings (SSSR count). The summed E-state index contributed by atoms with van der Waals surface area (Å²) in [7, 11) is 0. The smallest absolute Gasteiger partial charge is 0.353 e. The van der Waals surface area contributed by atoms with Gasteiger partial charge in [-0.15, -0.1) is 0 Å². The van der Waals surface area contributed by atoms with Gasteiger partial charge in [0.2, 0.25) is 0 Å². The summed E-state index contributed by atoms with van der Waals surface area (Å²) < 4.78 is 8.27. The van der Waals surface area contributed by atoms with Gasteiger partial charge in [0, 0.05) is 11.0 Å². The molecule has 0 bridgehead atoms. The van der Waals surface area contributed by atoms with E-state index in [1.54, 1.807) is 6.92 Å². The number of hydrogen-bond donors (Lipinski definition) is 0. The van der Waals surface area contributed by atoms with Gasteiger partial charge < -0.3 is 4.74 Å². The van der Waals surface area contributed by atoms with E-state index in [4.69, 9.17) is 4.74 Å². The number of nitrogens with zero attached hydrogens (tertiary/aromatic N) is 3. The molecule has 0 unspecified atom stereocenters. The van der Waals surface area contributed by atoms with Crippen LogP contribution in [0.5, 0.6) is 11.6 Å². The molecule has 6 nitrogen and oxygen atoms in total. The highest BCUT2D eigenvalue weighted by Crippen LogP contribution is 2.36. The Morgan fingerprint density at radius 1 is 1.33 bits per heavy atom. The summed E-state index contributed by atoms with van der Waals surface area (Å²) in [6.07, 6.45) is 0. The van der Waals surface area contributed by atoms with Crippen LogP contribution in [0.2, 0.25) is 0 Å². The van der Waals surface area contributed by atoms with Crippen molar-refractivity contribution < 1.29 is 9.66 Å². The van der Waals surface area contributed by atoms with Crippen LogP contribution in [0.3, 0.4) is 0 Å². The quantitative estimate of drug-likeness (QED) is 0.607. The molecular weight excluding hydrogens is 338 g/mol. The Morgan fingerprint density at radius 2 is 1.90 bits per heavy atom. The third-order valence-corrected chi connectivity index (χ3v) is 4.41. The molecule has 0 spiro atoms. The summed E-state index contributed by atoms with van der Waals surface area (Å²) in [6.45, 7) is 7.86. The Kier molecular flexibility index (Phi) is 4.32. The molecule has 0 aliphatic heterocycles. The van der Waals surface area contributed by atoms with Gasteiger partial charge in [0.1, 0.15) is 11.4 Å². The van der Waals surface area contributed by atoms with Gasteiger partial charge in [-0.25, -0.2) is 4.68 Å². The van der Waals surface area contributed by atoms with E-state index in [0.29, 0.717) is 18.0 Å². The van der Waals surface area contributed by atoms with Crippen LogP contribution in [0.1, 0.15) is 23.7 Å². The lowest BCUT2D eigenvalue weighted by molar-refractivity contribution is -0.386. The maximum absolute atomic E-state index is 11.2. The van der Waals surface area contributed by atoms with Crippen molar-refractivity contribution in [1.29, 1.82) is 0 Å². The third kappa shape index (κ3) is 2.92. The van der Waals surface area contributed by atoms with E-state index >= 15 is 0 Å². The SMILES string of the molecule is CCn1nc(C)c([N+](=O)[O-])c1Oc1cc(C)c(Br)c(C)c1. The zero-order valence-corrected chi connectivity index (χ0v) is 13.9. The summed E-state index contributed by atoms with van der Waals surface area (Å²) in [4.78, 5) is 10.8. The Morgan fingerprint density at radius 3 is 2.38 bits per heavy atom. The minimum atomic E-state index is -0.456. The van der Waals surface area contributed by atoms with Crippen LogP contribution in [0.15, 0.2) is 16.6 Å². The first-order valence-electron chi connectivity index (χ1n) is 6.51. The van der Waals surface area contributed by atoms with Gasteiger partial charge in [0.05, 0.1) is 4.92 Å². The lowest BCUT2D eigenvalue weighted by Crippen LogP contribution is -2.01. The molecule has 1 aromatic carbocycles. The van der Waals surface area contributed by atoms with Crippen molar-refractivity contribution in [2.75, 3.05) is 0 Å². The van der Waals surface area contributed by atoms with Crippen molar-refractivity contribution in [3.8, 4) is 11.6 Å². The maximum atomic E-state index is 11.2. The molecule has 0 radical (unpaired) electrons. The zero-order valence-electron chi connectivity index (χ0n) is 12.3. The minimum absolute atomic E-state index is 0.0879. The van der Waals surface area contributed by atoms with Gasteiger partial charge in [-0.1, -0.05) is 15.9 Å². The van der Waals surface area contributed by atoms with E-state index in [9.17, 15) is 10.1 Å². The van der Waals surface area contributed by atoms with Crippen molar-refractivity contribution in [1.82, 2.24) is 9.78 Å². The van der Waals surface area contributed by atoms with E-state index in [2.05, 4.69) is 21.0 Å². The molecule has 112 valence electrons. The molecule has 0 aliphatic carbocycles. The lowest BCUT2D eigenvalue weighted by Gasteiger charge is -2.10. The first kappa shape index (κ1) is 15.5. The Hall–Kier alpha value is -1.89. The number of ether oxygens (including phenoxy) is 1. The molecule has 0 atom stereocenters. The minimum Gasteiger partial charge on any atom is -0.434 e. The van der Waals surface area contributed by atoms with Crippen LogP contribution < -0.4 is 4.74 Å². The van der Waals surface area contributed by atoms with Crippen molar-refractivity contribution in [3.63, 3.8) is 0 Å². The Balaban J connectivity index is 2.51. The van der Waals surface area contributed by atoms with Gasteiger partial charge in [0.15, 0.2) is 0 Å². The molecule has 21 heavy (non-hydrogen) atoms. The topological polar surface area (TPSA) is 70.2 Å². The first-order valence-corrected chi connectivity index (χ1v) is 7.30. The predicted molar refractivity (Wildman–Crippen MR) is 83.0 cm³/mol. The number of nitro groups is 1. The van der Waals surface area contributed by atoms with Gasteiger partial charge in [0.25, 0.3) is 5.88 Å². The number of aromatic nitrogens is 2. The molecule has 0 N–H and O–H groups in total. The highest BCUT2D eigenvalue weighted by molar-refractivity contribution is 9.10. The molecule has 0 amide bonds. The molecule has 0 aliphatic rings. The number of aryl methyl sites for hydroxylation is 4. The van der Waals surface area contributed by atoms with E-state index in [1.807, 2.05) is 32.9 Å². The average molecular weight is 354 g/mol. The summed E-state index contributed by atoms with van der Waals surface area (Å²) in [5.41, 5.74) is 2.27. The van der Waals surface area contributed by atoms with Crippen molar-refractivity contribution in [2.24, 2.45) is 0 Å². The monoisotopic (exact) mass is 353 g/mol. The van der Waals surface area contributed by atoms with Gasteiger partial charge in [-0.2, -0.15) is 5.10 Å². The Labute approximate surface area is 131 Å². The number of halogens is 1. The summed E-state index contributed by atoms with van der Waals surface area (Å²) in [6, 6.07) is 3.67. The number of hydrogen-bond acceptors (Lipinski definition) is 4. The van der Waals surface area contributed by atoms with Crippen LogP contribution in [-0.4, -0.2) is 14.7 Å². The van der Waals surface area contributed by atoms with E-state index in [1.165, 1.54) is 4.68 Å². The van der Waals surface area contributed by atoms with Gasteiger partial charge >= 0.3 is 5.69 Å². The fraction of sp³-hybridized carbons (Fsp3) is 0.357. The van der Waals surface area contributed by atoms with E-state index in [0.717, 1.165) is 15.6 Å². The highest BCUT2D eigenvalue weighted by Gasteiger charge is 2.27. The van der Waals surface area contributed by atoms with E-state index in [-0.39, 0.29) is 11.6 Å². The third-order valence-electron chi connectivity index (χ3n) is 3.16. The van der Waals surface area contributed by atoms with Crippen LogP contribution in [-0.2, 0) is 6.54 Å². The lowest BCUT2D eigenvalue weighted by atomic mass is 10.1. The zero-order chi connectivity index (χ0) is 15.7. The van der Waals surface area contributed by atoms with Crippen LogP contribution in [0, 0.1) is 30.9 Å². The molecule has 0 fully saturated rings. The highest BCUT2D eigenvalue weighted by atomic mass is 79.9. The second-order valence-electron chi connectivity index (χ2n) is 4.79. The molecular formula is C14H16BrN3O3. The van der Waals surface area contributed by atoms with Crippen molar-refractivity contribution in [3.05, 3.63) is 43.5 Å². The molecule has 1 heterocycles. The molecule has 7 heteroatoms. The largest absolute Gasteiger partial charge is 0.434 e. The second-order valence-corrected chi connectivity index (χ2v) is 5.58. The normalized spacial score (nSPS) is 10.7. The number of benzene rings is 1. The molecule has 0 saturated heterocycles. The fourth-order valence-electron chi connectivity index (χ4n) is 2.15. The predicted octanol–water partition coefficient (Wildman–Crippen LogP) is 4.29.